The molecule has 0 saturated heterocycles. The van der Waals surface area contributed by atoms with Crippen LogP contribution < -0.4 is 11.1 Å². The molecule has 0 atom stereocenters. The van der Waals surface area contributed by atoms with Gasteiger partial charge in [0.05, 0.1) is 0 Å². The Balaban J connectivity index is 1.76. The number of carbonyl (C=O) groups excluding carboxylic acids is 1. The van der Waals surface area contributed by atoms with Crippen LogP contribution in [0.15, 0.2) is 24.3 Å². The number of nitrogens with one attached hydrogen (secondary N) is 1. The van der Waals surface area contributed by atoms with Gasteiger partial charge in [0.2, 0.25) is 5.91 Å². The molecule has 1 aromatic carbocycles. The summed E-state index contributed by atoms with van der Waals surface area (Å²) in [5.41, 5.74) is 7.47. The molecule has 110 valence electrons. The fourth-order valence-electron chi connectivity index (χ4n) is 2.81. The molecule has 20 heavy (non-hydrogen) atoms. The average Bonchev–Trinajstić information content (AvgIpc) is 2.99. The first-order chi connectivity index (χ1) is 9.69. The lowest BCUT2D eigenvalue weighted by molar-refractivity contribution is -0.116. The summed E-state index contributed by atoms with van der Waals surface area (Å²) in [6.45, 7) is 1.32. The monoisotopic (exact) mass is 275 g/mol. The summed E-state index contributed by atoms with van der Waals surface area (Å²) >= 11 is 0. The molecule has 0 unspecified atom stereocenters. The second-order valence-electron chi connectivity index (χ2n) is 5.62. The van der Waals surface area contributed by atoms with Gasteiger partial charge in [-0.25, -0.2) is 0 Å². The van der Waals surface area contributed by atoms with E-state index in [1.54, 1.807) is 0 Å². The minimum absolute atomic E-state index is 0.0732. The third kappa shape index (κ3) is 4.32. The Labute approximate surface area is 121 Å². The van der Waals surface area contributed by atoms with Crippen molar-refractivity contribution in [3.63, 3.8) is 0 Å². The first-order valence-electron chi connectivity index (χ1n) is 7.48. The zero-order valence-electron chi connectivity index (χ0n) is 12.3. The number of benzene rings is 1. The van der Waals surface area contributed by atoms with Crippen LogP contribution in [-0.2, 0) is 11.3 Å². The predicted octanol–water partition coefficient (Wildman–Crippen LogP) is 2.35. The maximum atomic E-state index is 12.0. The van der Waals surface area contributed by atoms with Crippen LogP contribution in [0.5, 0.6) is 0 Å². The van der Waals surface area contributed by atoms with E-state index in [4.69, 9.17) is 5.73 Å². The molecule has 1 fully saturated rings. The second-order valence-corrected chi connectivity index (χ2v) is 5.62. The summed E-state index contributed by atoms with van der Waals surface area (Å²) in [6, 6.07) is 8.38. The Morgan fingerprint density at radius 3 is 2.85 bits per heavy atom. The molecule has 4 heteroatoms. The highest BCUT2D eigenvalue weighted by atomic mass is 16.1. The normalized spacial score (nSPS) is 15.8. The first kappa shape index (κ1) is 15.0. The van der Waals surface area contributed by atoms with E-state index >= 15 is 0 Å². The van der Waals surface area contributed by atoms with Gasteiger partial charge in [0, 0.05) is 31.2 Å². The fourth-order valence-corrected chi connectivity index (χ4v) is 2.81. The van der Waals surface area contributed by atoms with Crippen molar-refractivity contribution in [1.82, 2.24) is 4.90 Å². The van der Waals surface area contributed by atoms with E-state index in [9.17, 15) is 4.79 Å². The first-order valence-corrected chi connectivity index (χ1v) is 7.48. The molecule has 0 bridgehead atoms. The molecule has 4 nitrogen and oxygen atoms in total. The summed E-state index contributed by atoms with van der Waals surface area (Å²) in [5.74, 6) is 0.0732. The number of anilines is 1. The third-order valence-electron chi connectivity index (χ3n) is 4.09. The Bertz CT molecular complexity index is 441. The quantitative estimate of drug-likeness (QED) is 0.838. The Kier molecular flexibility index (Phi) is 5.56. The Hall–Kier alpha value is -1.39. The van der Waals surface area contributed by atoms with Crippen molar-refractivity contribution < 1.29 is 4.79 Å². The zero-order chi connectivity index (χ0) is 14.4. The van der Waals surface area contributed by atoms with Gasteiger partial charge in [-0.2, -0.15) is 0 Å². The van der Waals surface area contributed by atoms with Crippen LogP contribution in [0.3, 0.4) is 0 Å². The van der Waals surface area contributed by atoms with Crippen molar-refractivity contribution in [1.29, 1.82) is 0 Å². The number of rotatable bonds is 6. The lowest BCUT2D eigenvalue weighted by Gasteiger charge is -2.23. The van der Waals surface area contributed by atoms with Crippen molar-refractivity contribution in [3.8, 4) is 0 Å². The molecule has 3 N–H and O–H groups in total. The van der Waals surface area contributed by atoms with E-state index < -0.39 is 0 Å². The van der Waals surface area contributed by atoms with Crippen molar-refractivity contribution in [2.75, 3.05) is 18.9 Å². The molecule has 1 saturated carbocycles. The van der Waals surface area contributed by atoms with Gasteiger partial charge >= 0.3 is 0 Å². The molecule has 0 spiro atoms. The van der Waals surface area contributed by atoms with Crippen molar-refractivity contribution in [3.05, 3.63) is 29.8 Å². The molecule has 2 rings (SSSR count). The molecule has 0 radical (unpaired) electrons. The molecular weight excluding hydrogens is 250 g/mol. The summed E-state index contributed by atoms with van der Waals surface area (Å²) in [6.07, 6.45) is 5.74. The lowest BCUT2D eigenvalue weighted by Crippen LogP contribution is -2.32. The summed E-state index contributed by atoms with van der Waals surface area (Å²) in [4.78, 5) is 14.3. The van der Waals surface area contributed by atoms with Gasteiger partial charge in [-0.15, -0.1) is 0 Å². The lowest BCUT2D eigenvalue weighted by atomic mass is 10.2. The largest absolute Gasteiger partial charge is 0.326 e. The van der Waals surface area contributed by atoms with Crippen LogP contribution in [0.4, 0.5) is 5.69 Å². The van der Waals surface area contributed by atoms with Crippen LogP contribution in [0, 0.1) is 0 Å². The van der Waals surface area contributed by atoms with Gasteiger partial charge in [-0.3, -0.25) is 4.79 Å². The minimum atomic E-state index is 0.0732. The van der Waals surface area contributed by atoms with E-state index in [1.807, 2.05) is 24.3 Å². The topological polar surface area (TPSA) is 58.4 Å². The Morgan fingerprint density at radius 2 is 2.15 bits per heavy atom. The number of nitrogens with zero attached hydrogens (tertiary/aromatic N) is 1. The number of nitrogens with two attached hydrogens (primary N) is 1. The van der Waals surface area contributed by atoms with Crippen LogP contribution in [-0.4, -0.2) is 30.4 Å². The molecule has 0 heterocycles. The molecule has 0 aliphatic heterocycles. The summed E-state index contributed by atoms with van der Waals surface area (Å²) in [7, 11) is 2.12. The van der Waals surface area contributed by atoms with Crippen LogP contribution in [0.1, 0.15) is 37.7 Å². The Morgan fingerprint density at radius 1 is 1.40 bits per heavy atom. The van der Waals surface area contributed by atoms with Crippen LogP contribution >= 0.6 is 0 Å². The predicted molar refractivity (Wildman–Crippen MR) is 82.5 cm³/mol. The van der Waals surface area contributed by atoms with Crippen molar-refractivity contribution in [2.24, 2.45) is 5.73 Å². The van der Waals surface area contributed by atoms with Gasteiger partial charge in [-0.05, 0) is 37.6 Å². The maximum absolute atomic E-state index is 12.0. The molecule has 1 aliphatic carbocycles. The molecule has 0 aromatic heterocycles. The van der Waals surface area contributed by atoms with Crippen LogP contribution in [0.2, 0.25) is 0 Å². The molecule has 1 aliphatic rings. The zero-order valence-corrected chi connectivity index (χ0v) is 12.3. The fraction of sp³-hybridized carbons (Fsp3) is 0.562. The highest BCUT2D eigenvalue weighted by Gasteiger charge is 2.19. The molecular formula is C16H25N3O. The third-order valence-corrected chi connectivity index (χ3v) is 4.09. The highest BCUT2D eigenvalue weighted by Crippen LogP contribution is 2.22. The van der Waals surface area contributed by atoms with Gasteiger partial charge in [-0.1, -0.05) is 25.0 Å². The van der Waals surface area contributed by atoms with E-state index in [0.717, 1.165) is 17.8 Å². The molecule has 1 amide bonds. The van der Waals surface area contributed by atoms with Crippen molar-refractivity contribution in [2.45, 2.75) is 44.7 Å². The smallest absolute Gasteiger partial charge is 0.225 e. The van der Waals surface area contributed by atoms with E-state index in [1.165, 1.54) is 25.7 Å². The maximum Gasteiger partial charge on any atom is 0.225 e. The minimum Gasteiger partial charge on any atom is -0.326 e. The second kappa shape index (κ2) is 7.41. The standard InChI is InChI=1S/C16H25N3O/c1-19(15-7-2-3-8-15)10-9-16(20)18-14-6-4-5-13(11-14)12-17/h4-6,11,15H,2-3,7-10,12,17H2,1H3,(H,18,20). The van der Waals surface area contributed by atoms with Gasteiger partial charge in [0.15, 0.2) is 0 Å². The summed E-state index contributed by atoms with van der Waals surface area (Å²) in [5, 5.41) is 2.94. The molecule has 1 aromatic rings. The number of hydrogen-bond donors (Lipinski definition) is 2. The van der Waals surface area contributed by atoms with Crippen molar-refractivity contribution >= 4 is 11.6 Å². The van der Waals surface area contributed by atoms with Gasteiger partial charge in [0.25, 0.3) is 0 Å². The summed E-state index contributed by atoms with van der Waals surface area (Å²) < 4.78 is 0. The SMILES string of the molecule is CN(CCC(=O)Nc1cccc(CN)c1)C1CCCC1. The van der Waals surface area contributed by atoms with Crippen LogP contribution in [0.25, 0.3) is 0 Å². The van der Waals surface area contributed by atoms with E-state index in [2.05, 4.69) is 17.3 Å². The number of amides is 1. The van der Waals surface area contributed by atoms with E-state index in [0.29, 0.717) is 19.0 Å². The highest BCUT2D eigenvalue weighted by molar-refractivity contribution is 5.90. The number of carbonyl (C=O) groups is 1. The van der Waals surface area contributed by atoms with Gasteiger partial charge < -0.3 is 16.0 Å². The number of hydrogen-bond acceptors (Lipinski definition) is 3. The van der Waals surface area contributed by atoms with Gasteiger partial charge in [0.1, 0.15) is 0 Å². The van der Waals surface area contributed by atoms with E-state index in [-0.39, 0.29) is 5.91 Å². The average molecular weight is 275 g/mol.